The van der Waals surface area contributed by atoms with Crippen LogP contribution in [0.2, 0.25) is 5.02 Å². The van der Waals surface area contributed by atoms with Gasteiger partial charge in [0.15, 0.2) is 11.6 Å². The number of fused-ring (bicyclic) bond motifs is 1. The molecule has 36 heavy (non-hydrogen) atoms. The maximum absolute atomic E-state index is 14.9. The van der Waals surface area contributed by atoms with E-state index in [1.165, 1.54) is 30.3 Å². The smallest absolute Gasteiger partial charge is 0.351 e. The Morgan fingerprint density at radius 1 is 1.19 bits per heavy atom. The summed E-state index contributed by atoms with van der Waals surface area (Å²) in [6, 6.07) is 8.87. The van der Waals surface area contributed by atoms with Gasteiger partial charge in [-0.3, -0.25) is 0 Å². The quantitative estimate of drug-likeness (QED) is 0.431. The third-order valence-electron chi connectivity index (χ3n) is 6.59. The minimum absolute atomic E-state index is 0.0947. The van der Waals surface area contributed by atoms with Crippen LogP contribution in [0, 0.1) is 11.7 Å². The molecule has 1 fully saturated rings. The Bertz CT molecular complexity index is 1400. The number of ether oxygens (including phenoxy) is 2. The van der Waals surface area contributed by atoms with E-state index in [0.29, 0.717) is 28.7 Å². The van der Waals surface area contributed by atoms with Crippen molar-refractivity contribution in [3.05, 3.63) is 59.6 Å². The van der Waals surface area contributed by atoms with Crippen LogP contribution in [0.25, 0.3) is 11.1 Å². The fraction of sp³-hybridized carbons (Fsp3) is 0.360. The molecular formula is C25H24ClF2N3O4S. The van der Waals surface area contributed by atoms with E-state index in [1.54, 1.807) is 18.5 Å². The second-order valence-electron chi connectivity index (χ2n) is 9.19. The summed E-state index contributed by atoms with van der Waals surface area (Å²) in [6.45, 7) is 4.07. The first-order chi connectivity index (χ1) is 17.0. The minimum Gasteiger partial charge on any atom is -0.490 e. The molecule has 0 bridgehead atoms. The molecule has 3 atom stereocenters. The van der Waals surface area contributed by atoms with E-state index in [0.717, 1.165) is 26.3 Å². The lowest BCUT2D eigenvalue weighted by atomic mass is 9.92. The molecule has 0 radical (unpaired) electrons. The van der Waals surface area contributed by atoms with Gasteiger partial charge in [0.05, 0.1) is 24.0 Å². The van der Waals surface area contributed by atoms with Crippen molar-refractivity contribution < 1.29 is 26.7 Å². The molecule has 0 unspecified atom stereocenters. The minimum atomic E-state index is -4.24. The highest BCUT2D eigenvalue weighted by Gasteiger charge is 2.51. The van der Waals surface area contributed by atoms with Crippen molar-refractivity contribution in [3.8, 4) is 22.6 Å². The molecule has 2 aliphatic heterocycles. The number of rotatable bonds is 5. The summed E-state index contributed by atoms with van der Waals surface area (Å²) >= 11 is 5.88. The van der Waals surface area contributed by atoms with Crippen molar-refractivity contribution in [1.82, 2.24) is 9.97 Å². The van der Waals surface area contributed by atoms with Crippen LogP contribution in [-0.2, 0) is 9.84 Å². The van der Waals surface area contributed by atoms with Gasteiger partial charge in [-0.15, -0.1) is 0 Å². The maximum Gasteiger partial charge on any atom is 0.351 e. The van der Waals surface area contributed by atoms with Gasteiger partial charge in [-0.2, -0.15) is 4.39 Å². The lowest BCUT2D eigenvalue weighted by Gasteiger charge is -2.37. The molecule has 0 amide bonds. The molecular weight excluding hydrogens is 512 g/mol. The fourth-order valence-corrected chi connectivity index (χ4v) is 5.92. The summed E-state index contributed by atoms with van der Waals surface area (Å²) < 4.78 is 64.3. The third kappa shape index (κ3) is 4.48. The van der Waals surface area contributed by atoms with Crippen LogP contribution >= 0.6 is 11.6 Å². The molecule has 1 aromatic heterocycles. The van der Waals surface area contributed by atoms with Crippen molar-refractivity contribution in [2.45, 2.75) is 42.8 Å². The fourth-order valence-electron chi connectivity index (χ4n) is 4.61. The lowest BCUT2D eigenvalue weighted by molar-refractivity contribution is 0.0464. The summed E-state index contributed by atoms with van der Waals surface area (Å²) in [4.78, 5) is 10.5. The SMILES string of the molecule is C[C@@H]1C[C@@H](COc2ccc(-c3ccc4c(c3)O[C@@](C)(F)S4(=O)=O)cc2F)CCN1c1ncc(Cl)cn1. The number of benzene rings is 2. The van der Waals surface area contributed by atoms with Crippen LogP contribution in [0.5, 0.6) is 11.5 Å². The third-order valence-corrected chi connectivity index (χ3v) is 8.75. The number of aromatic nitrogens is 2. The molecule has 7 nitrogen and oxygen atoms in total. The normalized spacial score (nSPS) is 24.8. The molecule has 5 rings (SSSR count). The zero-order chi connectivity index (χ0) is 25.7. The first kappa shape index (κ1) is 24.7. The average molecular weight is 536 g/mol. The van der Waals surface area contributed by atoms with Crippen LogP contribution < -0.4 is 14.4 Å². The molecule has 11 heteroatoms. The van der Waals surface area contributed by atoms with E-state index < -0.39 is 20.8 Å². The molecule has 0 spiro atoms. The first-order valence-electron chi connectivity index (χ1n) is 11.5. The Balaban J connectivity index is 1.23. The first-order valence-corrected chi connectivity index (χ1v) is 13.3. The van der Waals surface area contributed by atoms with Crippen LogP contribution in [0.1, 0.15) is 26.7 Å². The van der Waals surface area contributed by atoms with Gasteiger partial charge >= 0.3 is 5.19 Å². The van der Waals surface area contributed by atoms with Gasteiger partial charge in [0.25, 0.3) is 9.84 Å². The highest BCUT2D eigenvalue weighted by molar-refractivity contribution is 7.92. The van der Waals surface area contributed by atoms with Gasteiger partial charge in [0.1, 0.15) is 10.6 Å². The standard InChI is InChI=1S/C25H24ClF2N3O4S/c1-15-9-16(7-8-31(15)24-29-12-19(26)13-30-24)14-34-21-5-3-17(10-20(21)27)18-4-6-23-22(11-18)35-25(2,28)36(23,32)33/h3-6,10-13,15-16H,7-9,14H2,1-2H3/t15-,16+,25-/m1/s1. The Morgan fingerprint density at radius 2 is 1.89 bits per heavy atom. The Labute approximate surface area is 213 Å². The van der Waals surface area contributed by atoms with Crippen LogP contribution in [0.15, 0.2) is 53.7 Å². The van der Waals surface area contributed by atoms with Crippen molar-refractivity contribution in [3.63, 3.8) is 0 Å². The van der Waals surface area contributed by atoms with Gasteiger partial charge in [0.2, 0.25) is 5.95 Å². The number of sulfone groups is 1. The Hall–Kier alpha value is -2.98. The van der Waals surface area contributed by atoms with Crippen molar-refractivity contribution in [2.75, 3.05) is 18.1 Å². The van der Waals surface area contributed by atoms with Crippen molar-refractivity contribution in [2.24, 2.45) is 5.92 Å². The summed E-state index contributed by atoms with van der Waals surface area (Å²) in [5.41, 5.74) is 0.985. The predicted molar refractivity (Wildman–Crippen MR) is 131 cm³/mol. The number of piperidine rings is 1. The predicted octanol–water partition coefficient (Wildman–Crippen LogP) is 5.43. The number of halogens is 3. The molecule has 3 heterocycles. The summed E-state index contributed by atoms with van der Waals surface area (Å²) in [5, 5.41) is -2.34. The summed E-state index contributed by atoms with van der Waals surface area (Å²) in [5.74, 6) is 0.373. The van der Waals surface area contributed by atoms with Gasteiger partial charge in [-0.05, 0) is 61.1 Å². The zero-order valence-electron chi connectivity index (χ0n) is 19.6. The second kappa shape index (κ2) is 9.15. The van der Waals surface area contributed by atoms with E-state index in [2.05, 4.69) is 21.8 Å². The van der Waals surface area contributed by atoms with E-state index in [-0.39, 0.29) is 28.4 Å². The zero-order valence-corrected chi connectivity index (χ0v) is 21.2. The monoisotopic (exact) mass is 535 g/mol. The van der Waals surface area contributed by atoms with Gasteiger partial charge < -0.3 is 14.4 Å². The van der Waals surface area contributed by atoms with E-state index in [4.69, 9.17) is 21.1 Å². The van der Waals surface area contributed by atoms with Gasteiger partial charge in [-0.25, -0.2) is 22.8 Å². The Kier molecular flexibility index (Phi) is 6.28. The molecule has 1 saturated heterocycles. The summed E-state index contributed by atoms with van der Waals surface area (Å²) in [6.07, 6.45) is 4.85. The summed E-state index contributed by atoms with van der Waals surface area (Å²) in [7, 11) is -4.24. The molecule has 0 saturated carbocycles. The number of hydrogen-bond acceptors (Lipinski definition) is 7. The largest absolute Gasteiger partial charge is 0.490 e. The number of alkyl halides is 1. The molecule has 190 valence electrons. The molecule has 0 N–H and O–H groups in total. The number of hydrogen-bond donors (Lipinski definition) is 0. The average Bonchev–Trinajstić information content (AvgIpc) is 3.02. The van der Waals surface area contributed by atoms with E-state index in [9.17, 15) is 17.2 Å². The van der Waals surface area contributed by atoms with Gasteiger partial charge in [0, 0.05) is 19.5 Å². The number of nitrogens with zero attached hydrogens (tertiary/aromatic N) is 3. The Morgan fingerprint density at radius 3 is 2.58 bits per heavy atom. The lowest BCUT2D eigenvalue weighted by Crippen LogP contribution is -2.43. The molecule has 2 aromatic carbocycles. The van der Waals surface area contributed by atoms with Crippen LogP contribution in [-0.4, -0.2) is 42.8 Å². The molecule has 0 aliphatic carbocycles. The van der Waals surface area contributed by atoms with Crippen molar-refractivity contribution >= 4 is 27.4 Å². The van der Waals surface area contributed by atoms with Crippen LogP contribution in [0.4, 0.5) is 14.7 Å². The van der Waals surface area contributed by atoms with Crippen molar-refractivity contribution in [1.29, 1.82) is 0 Å². The van der Waals surface area contributed by atoms with E-state index >= 15 is 0 Å². The number of anilines is 1. The maximum atomic E-state index is 14.9. The highest BCUT2D eigenvalue weighted by Crippen LogP contribution is 2.44. The topological polar surface area (TPSA) is 81.6 Å². The van der Waals surface area contributed by atoms with Crippen LogP contribution in [0.3, 0.4) is 0 Å². The van der Waals surface area contributed by atoms with Gasteiger partial charge in [-0.1, -0.05) is 23.7 Å². The second-order valence-corrected chi connectivity index (χ2v) is 11.8. The highest BCUT2D eigenvalue weighted by atomic mass is 35.5. The molecule has 3 aromatic rings. The van der Waals surface area contributed by atoms with E-state index in [1.807, 2.05) is 0 Å². The molecule has 2 aliphatic rings.